The molecule has 0 aliphatic heterocycles. The standard InChI is InChI=1S/C20H22N4O2/c1-13-18(15(3)25)14(2)23-19(13)20(26)21-11-16-5-7-17(8-6-16)12-24-10-4-9-22-24/h4-10,23H,11-12H2,1-3H3,(H,21,26). The quantitative estimate of drug-likeness (QED) is 0.671. The van der Waals surface area contributed by atoms with Gasteiger partial charge in [0.05, 0.1) is 6.54 Å². The fraction of sp³-hybridized carbons (Fsp3) is 0.250. The second-order valence-corrected chi connectivity index (χ2v) is 6.38. The summed E-state index contributed by atoms with van der Waals surface area (Å²) in [6, 6.07) is 9.94. The fourth-order valence-corrected chi connectivity index (χ4v) is 3.12. The van der Waals surface area contributed by atoms with Gasteiger partial charge in [0.2, 0.25) is 0 Å². The van der Waals surface area contributed by atoms with E-state index in [1.165, 1.54) is 6.92 Å². The van der Waals surface area contributed by atoms with E-state index < -0.39 is 0 Å². The van der Waals surface area contributed by atoms with E-state index in [9.17, 15) is 9.59 Å². The van der Waals surface area contributed by atoms with Gasteiger partial charge in [-0.05, 0) is 43.5 Å². The van der Waals surface area contributed by atoms with E-state index in [4.69, 9.17) is 0 Å². The topological polar surface area (TPSA) is 79.8 Å². The van der Waals surface area contributed by atoms with Crippen molar-refractivity contribution in [1.29, 1.82) is 0 Å². The lowest BCUT2D eigenvalue weighted by molar-refractivity contribution is 0.0945. The van der Waals surface area contributed by atoms with Crippen LogP contribution in [0.1, 0.15) is 50.2 Å². The number of hydrogen-bond acceptors (Lipinski definition) is 3. The summed E-state index contributed by atoms with van der Waals surface area (Å²) in [4.78, 5) is 27.2. The minimum atomic E-state index is -0.210. The van der Waals surface area contributed by atoms with Crippen LogP contribution >= 0.6 is 0 Å². The second-order valence-electron chi connectivity index (χ2n) is 6.38. The predicted octanol–water partition coefficient (Wildman–Crippen LogP) is 3.01. The third-order valence-corrected chi connectivity index (χ3v) is 4.40. The van der Waals surface area contributed by atoms with Gasteiger partial charge in [-0.15, -0.1) is 0 Å². The van der Waals surface area contributed by atoms with Crippen LogP contribution in [-0.2, 0) is 13.1 Å². The third-order valence-electron chi connectivity index (χ3n) is 4.40. The van der Waals surface area contributed by atoms with Crippen LogP contribution in [0.25, 0.3) is 0 Å². The minimum Gasteiger partial charge on any atom is -0.354 e. The summed E-state index contributed by atoms with van der Waals surface area (Å²) in [5.41, 5.74) is 4.62. The first-order valence-electron chi connectivity index (χ1n) is 8.49. The van der Waals surface area contributed by atoms with Crippen LogP contribution in [0.5, 0.6) is 0 Å². The zero-order chi connectivity index (χ0) is 18.7. The lowest BCUT2D eigenvalue weighted by atomic mass is 10.1. The van der Waals surface area contributed by atoms with E-state index in [1.807, 2.05) is 41.2 Å². The molecule has 3 rings (SSSR count). The molecular formula is C20H22N4O2. The van der Waals surface area contributed by atoms with Gasteiger partial charge in [-0.1, -0.05) is 24.3 Å². The van der Waals surface area contributed by atoms with Crippen molar-refractivity contribution in [3.63, 3.8) is 0 Å². The van der Waals surface area contributed by atoms with Crippen molar-refractivity contribution >= 4 is 11.7 Å². The molecule has 1 amide bonds. The number of aryl methyl sites for hydroxylation is 1. The van der Waals surface area contributed by atoms with E-state index in [1.54, 1.807) is 20.0 Å². The summed E-state index contributed by atoms with van der Waals surface area (Å²) < 4.78 is 1.86. The second kappa shape index (κ2) is 7.39. The number of nitrogens with one attached hydrogen (secondary N) is 2. The van der Waals surface area contributed by atoms with Crippen molar-refractivity contribution in [1.82, 2.24) is 20.1 Å². The summed E-state index contributed by atoms with van der Waals surface area (Å²) in [5, 5.41) is 7.09. The van der Waals surface area contributed by atoms with E-state index in [-0.39, 0.29) is 11.7 Å². The van der Waals surface area contributed by atoms with Crippen molar-refractivity contribution in [3.8, 4) is 0 Å². The summed E-state index contributed by atoms with van der Waals surface area (Å²) in [6.45, 7) is 6.25. The summed E-state index contributed by atoms with van der Waals surface area (Å²) in [5.74, 6) is -0.248. The molecule has 0 radical (unpaired) electrons. The maximum atomic E-state index is 12.4. The van der Waals surface area contributed by atoms with Gasteiger partial charge in [0, 0.05) is 30.2 Å². The molecule has 0 fully saturated rings. The van der Waals surface area contributed by atoms with Gasteiger partial charge in [-0.2, -0.15) is 5.10 Å². The normalized spacial score (nSPS) is 10.7. The fourth-order valence-electron chi connectivity index (χ4n) is 3.12. The lowest BCUT2D eigenvalue weighted by Crippen LogP contribution is -2.24. The Balaban J connectivity index is 1.63. The zero-order valence-electron chi connectivity index (χ0n) is 15.2. The summed E-state index contributed by atoms with van der Waals surface area (Å²) in [7, 11) is 0. The molecule has 0 spiro atoms. The summed E-state index contributed by atoms with van der Waals surface area (Å²) in [6.07, 6.45) is 3.68. The molecule has 2 N–H and O–H groups in total. The number of ketones is 1. The molecular weight excluding hydrogens is 328 g/mol. The van der Waals surface area contributed by atoms with Gasteiger partial charge in [0.25, 0.3) is 5.91 Å². The number of H-pyrrole nitrogens is 1. The molecule has 0 aliphatic rings. The molecule has 134 valence electrons. The Labute approximate surface area is 152 Å². The van der Waals surface area contributed by atoms with E-state index >= 15 is 0 Å². The van der Waals surface area contributed by atoms with Crippen LogP contribution in [0.3, 0.4) is 0 Å². The number of carbonyl (C=O) groups excluding carboxylic acids is 2. The number of hydrogen-bond donors (Lipinski definition) is 2. The molecule has 0 atom stereocenters. The first-order valence-corrected chi connectivity index (χ1v) is 8.49. The number of rotatable bonds is 6. The number of carbonyl (C=O) groups is 2. The number of aromatic amines is 1. The monoisotopic (exact) mass is 350 g/mol. The number of amides is 1. The highest BCUT2D eigenvalue weighted by Crippen LogP contribution is 2.18. The average Bonchev–Trinajstić information content (AvgIpc) is 3.21. The molecule has 3 aromatic rings. The SMILES string of the molecule is CC(=O)c1c(C)[nH]c(C(=O)NCc2ccc(Cn3cccn3)cc2)c1C. The highest BCUT2D eigenvalue weighted by molar-refractivity contribution is 6.02. The van der Waals surface area contributed by atoms with Crippen molar-refractivity contribution < 1.29 is 9.59 Å². The van der Waals surface area contributed by atoms with Gasteiger partial charge in [-0.25, -0.2) is 0 Å². The maximum Gasteiger partial charge on any atom is 0.268 e. The first kappa shape index (κ1) is 17.7. The lowest BCUT2D eigenvalue weighted by Gasteiger charge is -2.07. The van der Waals surface area contributed by atoms with Crippen molar-refractivity contribution in [3.05, 3.63) is 76.4 Å². The molecule has 0 bridgehead atoms. The molecule has 6 heteroatoms. The van der Waals surface area contributed by atoms with Gasteiger partial charge in [0.1, 0.15) is 5.69 Å². The summed E-state index contributed by atoms with van der Waals surface area (Å²) >= 11 is 0. The van der Waals surface area contributed by atoms with Crippen molar-refractivity contribution in [2.45, 2.75) is 33.9 Å². The molecule has 0 unspecified atom stereocenters. The van der Waals surface area contributed by atoms with Crippen LogP contribution < -0.4 is 5.32 Å². The smallest absolute Gasteiger partial charge is 0.268 e. The zero-order valence-corrected chi connectivity index (χ0v) is 15.2. The Bertz CT molecular complexity index is 922. The predicted molar refractivity (Wildman–Crippen MR) is 99.2 cm³/mol. The molecule has 0 saturated heterocycles. The van der Waals surface area contributed by atoms with Gasteiger partial charge >= 0.3 is 0 Å². The molecule has 0 aliphatic carbocycles. The van der Waals surface area contributed by atoms with Crippen LogP contribution in [0.2, 0.25) is 0 Å². The van der Waals surface area contributed by atoms with Crippen molar-refractivity contribution in [2.75, 3.05) is 0 Å². The molecule has 2 aromatic heterocycles. The molecule has 6 nitrogen and oxygen atoms in total. The molecule has 2 heterocycles. The number of nitrogens with zero attached hydrogens (tertiary/aromatic N) is 2. The highest BCUT2D eigenvalue weighted by Gasteiger charge is 2.19. The number of Topliss-reactive ketones (excluding diaryl/α,β-unsaturated/α-hetero) is 1. The van der Waals surface area contributed by atoms with Crippen LogP contribution in [-0.4, -0.2) is 26.5 Å². The van der Waals surface area contributed by atoms with Gasteiger partial charge in [0.15, 0.2) is 5.78 Å². The minimum absolute atomic E-state index is 0.0388. The number of aromatic nitrogens is 3. The van der Waals surface area contributed by atoms with E-state index in [2.05, 4.69) is 15.4 Å². The average molecular weight is 350 g/mol. The Hall–Kier alpha value is -3.15. The maximum absolute atomic E-state index is 12.4. The Morgan fingerprint density at radius 2 is 1.85 bits per heavy atom. The van der Waals surface area contributed by atoms with Crippen LogP contribution in [0.4, 0.5) is 0 Å². The Kier molecular flexibility index (Phi) is 5.02. The van der Waals surface area contributed by atoms with E-state index in [0.717, 1.165) is 16.8 Å². The van der Waals surface area contributed by atoms with Gasteiger partial charge in [-0.3, -0.25) is 14.3 Å². The first-order chi connectivity index (χ1) is 12.5. The van der Waals surface area contributed by atoms with Crippen molar-refractivity contribution in [2.24, 2.45) is 0 Å². The largest absolute Gasteiger partial charge is 0.354 e. The van der Waals surface area contributed by atoms with Crippen LogP contribution in [0.15, 0.2) is 42.7 Å². The third kappa shape index (κ3) is 3.74. The van der Waals surface area contributed by atoms with E-state index in [0.29, 0.717) is 29.9 Å². The Morgan fingerprint density at radius 3 is 2.42 bits per heavy atom. The molecule has 0 saturated carbocycles. The molecule has 1 aromatic carbocycles. The number of benzene rings is 1. The highest BCUT2D eigenvalue weighted by atomic mass is 16.2. The Morgan fingerprint density at radius 1 is 1.15 bits per heavy atom. The van der Waals surface area contributed by atoms with Crippen LogP contribution in [0, 0.1) is 13.8 Å². The molecule has 26 heavy (non-hydrogen) atoms. The van der Waals surface area contributed by atoms with Gasteiger partial charge < -0.3 is 10.3 Å².